The van der Waals surface area contributed by atoms with Crippen LogP contribution in [-0.2, 0) is 16.0 Å². The molecule has 126 valence electrons. The first-order valence-electron chi connectivity index (χ1n) is 8.23. The average Bonchev–Trinajstić information content (AvgIpc) is 3.02. The molecule has 23 heavy (non-hydrogen) atoms. The highest BCUT2D eigenvalue weighted by atomic mass is 35.5. The number of carbonyl (C=O) groups excluding carboxylic acids is 2. The fraction of sp³-hybridized carbons (Fsp3) is 0.556. The second-order valence-electron chi connectivity index (χ2n) is 6.71. The molecule has 0 aromatic heterocycles. The van der Waals surface area contributed by atoms with E-state index in [2.05, 4.69) is 10.6 Å². The maximum Gasteiger partial charge on any atom is 0.235 e. The van der Waals surface area contributed by atoms with Crippen molar-refractivity contribution < 1.29 is 9.59 Å². The Morgan fingerprint density at radius 1 is 1.13 bits per heavy atom. The molecule has 0 unspecified atom stereocenters. The third kappa shape index (κ3) is 4.96. The average molecular weight is 337 g/mol. The molecule has 1 aliphatic carbocycles. The fourth-order valence-electron chi connectivity index (χ4n) is 2.73. The highest BCUT2D eigenvalue weighted by Gasteiger charge is 2.37. The molecule has 0 atom stereocenters. The fourth-order valence-corrected chi connectivity index (χ4v) is 2.86. The van der Waals surface area contributed by atoms with E-state index in [1.54, 1.807) is 13.8 Å². The summed E-state index contributed by atoms with van der Waals surface area (Å²) in [5.74, 6) is -0.421. The quantitative estimate of drug-likeness (QED) is 0.784. The zero-order chi connectivity index (χ0) is 16.9. The van der Waals surface area contributed by atoms with Crippen molar-refractivity contribution in [1.29, 1.82) is 0 Å². The molecule has 0 heterocycles. The zero-order valence-corrected chi connectivity index (χ0v) is 14.6. The van der Waals surface area contributed by atoms with Gasteiger partial charge in [-0.25, -0.2) is 0 Å². The van der Waals surface area contributed by atoms with Crippen LogP contribution in [0.1, 0.15) is 45.1 Å². The van der Waals surface area contributed by atoms with Crippen molar-refractivity contribution in [2.45, 2.75) is 52.0 Å². The maximum absolute atomic E-state index is 12.3. The second kappa shape index (κ2) is 7.82. The van der Waals surface area contributed by atoms with E-state index in [9.17, 15) is 9.59 Å². The molecule has 0 spiro atoms. The molecular formula is C18H25ClN2O2. The molecule has 1 saturated carbocycles. The zero-order valence-electron chi connectivity index (χ0n) is 13.8. The largest absolute Gasteiger partial charge is 0.355 e. The van der Waals surface area contributed by atoms with Gasteiger partial charge in [-0.1, -0.05) is 36.6 Å². The lowest BCUT2D eigenvalue weighted by Crippen LogP contribution is -2.50. The Kier molecular flexibility index (Phi) is 6.05. The molecule has 1 fully saturated rings. The molecule has 2 rings (SSSR count). The lowest BCUT2D eigenvalue weighted by atomic mass is 9.90. The molecule has 0 bridgehead atoms. The van der Waals surface area contributed by atoms with Gasteiger partial charge in [0.1, 0.15) is 5.41 Å². The number of nitrogens with one attached hydrogen (secondary N) is 2. The topological polar surface area (TPSA) is 58.2 Å². The Labute approximate surface area is 143 Å². The van der Waals surface area contributed by atoms with E-state index in [0.717, 1.165) is 31.2 Å². The van der Waals surface area contributed by atoms with Gasteiger partial charge in [0.25, 0.3) is 0 Å². The van der Waals surface area contributed by atoms with Crippen LogP contribution in [0.15, 0.2) is 24.3 Å². The number of benzene rings is 1. The van der Waals surface area contributed by atoms with E-state index in [1.807, 2.05) is 24.3 Å². The van der Waals surface area contributed by atoms with Gasteiger partial charge in [0.05, 0.1) is 0 Å². The molecule has 0 radical (unpaired) electrons. The smallest absolute Gasteiger partial charge is 0.235 e. The van der Waals surface area contributed by atoms with Gasteiger partial charge in [0.2, 0.25) is 11.8 Å². The van der Waals surface area contributed by atoms with Crippen LogP contribution in [0.3, 0.4) is 0 Å². The highest BCUT2D eigenvalue weighted by Crippen LogP contribution is 2.21. The van der Waals surface area contributed by atoms with Gasteiger partial charge in [0.15, 0.2) is 0 Å². The lowest BCUT2D eigenvalue weighted by molar-refractivity contribution is -0.141. The standard InChI is InChI=1S/C18H25ClN2O2/c1-18(2,17(23)21-15-5-3-4-6-15)16(22)20-12-11-13-7-9-14(19)10-8-13/h7-10,15H,3-6,11-12H2,1-2H3,(H,20,22)(H,21,23). The van der Waals surface area contributed by atoms with E-state index in [-0.39, 0.29) is 17.9 Å². The molecule has 4 nitrogen and oxygen atoms in total. The molecule has 0 aliphatic heterocycles. The molecule has 5 heteroatoms. The number of amides is 2. The molecule has 1 aliphatic rings. The van der Waals surface area contributed by atoms with E-state index in [0.29, 0.717) is 18.0 Å². The number of hydrogen-bond donors (Lipinski definition) is 2. The van der Waals surface area contributed by atoms with Crippen molar-refractivity contribution in [2.75, 3.05) is 6.54 Å². The summed E-state index contributed by atoms with van der Waals surface area (Å²) in [5, 5.41) is 6.56. The van der Waals surface area contributed by atoms with E-state index >= 15 is 0 Å². The summed E-state index contributed by atoms with van der Waals surface area (Å²) in [6, 6.07) is 7.76. The summed E-state index contributed by atoms with van der Waals surface area (Å²) in [6.45, 7) is 3.85. The van der Waals surface area contributed by atoms with Gasteiger partial charge in [0, 0.05) is 17.6 Å². The van der Waals surface area contributed by atoms with Crippen molar-refractivity contribution in [3.05, 3.63) is 34.9 Å². The van der Waals surface area contributed by atoms with Crippen molar-refractivity contribution in [3.63, 3.8) is 0 Å². The minimum Gasteiger partial charge on any atom is -0.355 e. The minimum atomic E-state index is -1.05. The van der Waals surface area contributed by atoms with Gasteiger partial charge in [-0.3, -0.25) is 9.59 Å². The van der Waals surface area contributed by atoms with Crippen LogP contribution in [0.25, 0.3) is 0 Å². The molecule has 2 N–H and O–H groups in total. The number of carbonyl (C=O) groups is 2. The maximum atomic E-state index is 12.3. The van der Waals surface area contributed by atoms with Gasteiger partial charge >= 0.3 is 0 Å². The van der Waals surface area contributed by atoms with Crippen molar-refractivity contribution in [2.24, 2.45) is 5.41 Å². The van der Waals surface area contributed by atoms with Crippen LogP contribution < -0.4 is 10.6 Å². The first kappa shape index (κ1) is 17.8. The summed E-state index contributed by atoms with van der Waals surface area (Å²) in [5.41, 5.74) is 0.0469. The monoisotopic (exact) mass is 336 g/mol. The molecule has 2 amide bonds. The third-order valence-electron chi connectivity index (χ3n) is 4.44. The number of halogens is 1. The van der Waals surface area contributed by atoms with E-state index in [4.69, 9.17) is 11.6 Å². The van der Waals surface area contributed by atoms with Crippen molar-refractivity contribution in [3.8, 4) is 0 Å². The predicted octanol–water partition coefficient (Wildman–Crippen LogP) is 3.08. The van der Waals surface area contributed by atoms with Gasteiger partial charge in [-0.05, 0) is 50.8 Å². The summed E-state index contributed by atoms with van der Waals surface area (Å²) < 4.78 is 0. The Hall–Kier alpha value is -1.55. The summed E-state index contributed by atoms with van der Waals surface area (Å²) in [4.78, 5) is 24.7. The SMILES string of the molecule is CC(C)(C(=O)NCCc1ccc(Cl)cc1)C(=O)NC1CCCC1. The van der Waals surface area contributed by atoms with Crippen LogP contribution in [0.5, 0.6) is 0 Å². The van der Waals surface area contributed by atoms with E-state index < -0.39 is 5.41 Å². The first-order chi connectivity index (χ1) is 10.9. The minimum absolute atomic E-state index is 0.187. The van der Waals surface area contributed by atoms with Crippen LogP contribution >= 0.6 is 11.6 Å². The van der Waals surface area contributed by atoms with Crippen LogP contribution in [0.4, 0.5) is 0 Å². The second-order valence-corrected chi connectivity index (χ2v) is 7.15. The third-order valence-corrected chi connectivity index (χ3v) is 4.69. The highest BCUT2D eigenvalue weighted by molar-refractivity contribution is 6.30. The van der Waals surface area contributed by atoms with Gasteiger partial charge in [-0.2, -0.15) is 0 Å². The molecule has 1 aromatic carbocycles. The van der Waals surface area contributed by atoms with Crippen LogP contribution in [0, 0.1) is 5.41 Å². The van der Waals surface area contributed by atoms with Crippen LogP contribution in [-0.4, -0.2) is 24.4 Å². The molecular weight excluding hydrogens is 312 g/mol. The first-order valence-corrected chi connectivity index (χ1v) is 8.61. The Morgan fingerprint density at radius 3 is 2.35 bits per heavy atom. The van der Waals surface area contributed by atoms with Gasteiger partial charge in [-0.15, -0.1) is 0 Å². The number of hydrogen-bond acceptors (Lipinski definition) is 2. The summed E-state index contributed by atoms with van der Waals surface area (Å²) in [7, 11) is 0. The predicted molar refractivity (Wildman–Crippen MR) is 92.3 cm³/mol. The lowest BCUT2D eigenvalue weighted by Gasteiger charge is -2.25. The van der Waals surface area contributed by atoms with E-state index in [1.165, 1.54) is 0 Å². The summed E-state index contributed by atoms with van der Waals surface area (Å²) in [6.07, 6.45) is 5.04. The Morgan fingerprint density at radius 2 is 1.74 bits per heavy atom. The molecule has 1 aromatic rings. The Bertz CT molecular complexity index is 549. The summed E-state index contributed by atoms with van der Waals surface area (Å²) >= 11 is 5.85. The van der Waals surface area contributed by atoms with Crippen molar-refractivity contribution >= 4 is 23.4 Å². The van der Waals surface area contributed by atoms with Crippen molar-refractivity contribution in [1.82, 2.24) is 10.6 Å². The van der Waals surface area contributed by atoms with Gasteiger partial charge < -0.3 is 10.6 Å². The van der Waals surface area contributed by atoms with Crippen LogP contribution in [0.2, 0.25) is 5.02 Å². The normalized spacial score (nSPS) is 15.4. The number of rotatable bonds is 6. The Balaban J connectivity index is 1.80. The molecule has 0 saturated heterocycles.